The van der Waals surface area contributed by atoms with Crippen molar-refractivity contribution in [3.8, 4) is 16.9 Å². The molecule has 0 spiro atoms. The van der Waals surface area contributed by atoms with Gasteiger partial charge in [0.05, 0.1) is 0 Å². The van der Waals surface area contributed by atoms with Crippen LogP contribution in [0.15, 0.2) is 60.9 Å². The summed E-state index contributed by atoms with van der Waals surface area (Å²) in [5.74, 6) is 0.535. The van der Waals surface area contributed by atoms with E-state index < -0.39 is 0 Å². The van der Waals surface area contributed by atoms with Gasteiger partial charge in [0.2, 0.25) is 0 Å². The van der Waals surface area contributed by atoms with Crippen LogP contribution in [-0.4, -0.2) is 34.8 Å². The molecule has 1 fully saturated rings. The van der Waals surface area contributed by atoms with Crippen molar-refractivity contribution in [2.75, 3.05) is 7.05 Å². The molecule has 1 saturated carbocycles. The molecule has 5 rings (SSSR count). The first-order chi connectivity index (χ1) is 15.5. The van der Waals surface area contributed by atoms with Gasteiger partial charge in [-0.05, 0) is 67.3 Å². The van der Waals surface area contributed by atoms with Crippen LogP contribution in [0.5, 0.6) is 5.75 Å². The summed E-state index contributed by atoms with van der Waals surface area (Å²) in [6.07, 6.45) is 5.61. The highest BCUT2D eigenvalue weighted by atomic mass is 16.5. The summed E-state index contributed by atoms with van der Waals surface area (Å²) in [7, 11) is 1.85. The third-order valence-electron chi connectivity index (χ3n) is 6.17. The van der Waals surface area contributed by atoms with E-state index in [1.54, 1.807) is 17.2 Å². The third kappa shape index (κ3) is 3.84. The van der Waals surface area contributed by atoms with Gasteiger partial charge in [-0.3, -0.25) is 14.6 Å². The van der Waals surface area contributed by atoms with Crippen LogP contribution in [0.25, 0.3) is 11.1 Å². The molecule has 1 N–H and O–H groups in total. The van der Waals surface area contributed by atoms with Gasteiger partial charge in [0.15, 0.2) is 0 Å². The zero-order valence-electron chi connectivity index (χ0n) is 18.2. The van der Waals surface area contributed by atoms with E-state index >= 15 is 0 Å². The lowest BCUT2D eigenvalue weighted by molar-refractivity contribution is 0.0785. The first-order valence-corrected chi connectivity index (χ1v) is 10.9. The highest BCUT2D eigenvalue weighted by Crippen LogP contribution is 2.42. The average Bonchev–Trinajstić information content (AvgIpc) is 3.67. The Bertz CT molecular complexity index is 1200. The number of ether oxygens (including phenoxy) is 1. The van der Waals surface area contributed by atoms with Gasteiger partial charge in [-0.1, -0.05) is 12.1 Å². The maximum absolute atomic E-state index is 12.8. The Hall–Kier alpha value is -3.67. The van der Waals surface area contributed by atoms with Crippen molar-refractivity contribution in [1.29, 1.82) is 0 Å². The zero-order chi connectivity index (χ0) is 22.2. The molecule has 0 radical (unpaired) electrons. The van der Waals surface area contributed by atoms with Crippen molar-refractivity contribution in [2.24, 2.45) is 0 Å². The first-order valence-electron chi connectivity index (χ1n) is 10.9. The number of pyridine rings is 1. The smallest absolute Gasteiger partial charge is 0.253 e. The van der Waals surface area contributed by atoms with Crippen molar-refractivity contribution in [3.05, 3.63) is 83.2 Å². The highest BCUT2D eigenvalue weighted by Gasteiger charge is 2.30. The van der Waals surface area contributed by atoms with Crippen LogP contribution in [0.2, 0.25) is 0 Å². The van der Waals surface area contributed by atoms with E-state index in [9.17, 15) is 9.59 Å². The van der Waals surface area contributed by atoms with E-state index in [-0.39, 0.29) is 17.9 Å². The molecule has 6 nitrogen and oxygen atoms in total. The standard InChI is InChI=1S/C26H25N3O3/c1-16-23-15-27-11-10-21(23)22-9-6-18(13-24(22)32-16)25(30)28-14-17-4-3-5-19(12-17)26(31)29(2)20-7-8-20/h3-6,9-13,15-16,20H,7-8,14H2,1-2H3,(H,28,30). The van der Waals surface area contributed by atoms with Gasteiger partial charge in [0.25, 0.3) is 11.8 Å². The quantitative estimate of drug-likeness (QED) is 0.657. The molecule has 1 aliphatic carbocycles. The minimum Gasteiger partial charge on any atom is -0.485 e. The Balaban J connectivity index is 1.29. The number of rotatable bonds is 5. The first kappa shape index (κ1) is 20.2. The summed E-state index contributed by atoms with van der Waals surface area (Å²) in [5.41, 5.74) is 5.16. The van der Waals surface area contributed by atoms with E-state index in [1.165, 1.54) is 0 Å². The molecule has 6 heteroatoms. The molecule has 3 aromatic rings. The Kier molecular flexibility index (Phi) is 5.13. The summed E-state index contributed by atoms with van der Waals surface area (Å²) in [5, 5.41) is 2.95. The number of hydrogen-bond donors (Lipinski definition) is 1. The predicted octanol–water partition coefficient (Wildman–Crippen LogP) is 4.37. The molecule has 1 aliphatic heterocycles. The van der Waals surface area contributed by atoms with Gasteiger partial charge >= 0.3 is 0 Å². The summed E-state index contributed by atoms with van der Waals surface area (Å²) < 4.78 is 6.04. The summed E-state index contributed by atoms with van der Waals surface area (Å²) in [6.45, 7) is 2.32. The van der Waals surface area contributed by atoms with Crippen LogP contribution in [-0.2, 0) is 6.54 Å². The van der Waals surface area contributed by atoms with Crippen molar-refractivity contribution in [1.82, 2.24) is 15.2 Å². The normalized spacial score (nSPS) is 16.4. The molecular formula is C26H25N3O3. The van der Waals surface area contributed by atoms with Crippen LogP contribution in [0.4, 0.5) is 0 Å². The second-order valence-electron chi connectivity index (χ2n) is 8.46. The number of carbonyl (C=O) groups excluding carboxylic acids is 2. The number of fused-ring (bicyclic) bond motifs is 3. The van der Waals surface area contributed by atoms with Gasteiger partial charge in [0, 0.05) is 54.3 Å². The lowest BCUT2D eigenvalue weighted by Gasteiger charge is -2.26. The summed E-state index contributed by atoms with van der Waals surface area (Å²) in [6, 6.07) is 15.3. The monoisotopic (exact) mass is 427 g/mol. The largest absolute Gasteiger partial charge is 0.485 e. The molecule has 0 saturated heterocycles. The minimum absolute atomic E-state index is 0.0251. The number of aromatic nitrogens is 1. The fraction of sp³-hybridized carbons (Fsp3) is 0.269. The maximum Gasteiger partial charge on any atom is 0.253 e. The highest BCUT2D eigenvalue weighted by molar-refractivity contribution is 5.96. The van der Waals surface area contributed by atoms with E-state index in [0.29, 0.717) is 29.5 Å². The second kappa shape index (κ2) is 8.11. The Morgan fingerprint density at radius 3 is 2.75 bits per heavy atom. The van der Waals surface area contributed by atoms with Crippen molar-refractivity contribution >= 4 is 11.8 Å². The molecule has 162 valence electrons. The van der Waals surface area contributed by atoms with Crippen LogP contribution in [0.1, 0.15) is 57.7 Å². The lowest BCUT2D eigenvalue weighted by Crippen LogP contribution is -2.29. The van der Waals surface area contributed by atoms with Crippen LogP contribution in [0.3, 0.4) is 0 Å². The average molecular weight is 428 g/mol. The second-order valence-corrected chi connectivity index (χ2v) is 8.46. The van der Waals surface area contributed by atoms with Crippen LogP contribution >= 0.6 is 0 Å². The third-order valence-corrected chi connectivity index (χ3v) is 6.17. The fourth-order valence-corrected chi connectivity index (χ4v) is 4.14. The molecule has 2 aliphatic rings. The van der Waals surface area contributed by atoms with E-state index in [4.69, 9.17) is 4.74 Å². The number of hydrogen-bond acceptors (Lipinski definition) is 4. The maximum atomic E-state index is 12.8. The van der Waals surface area contributed by atoms with Crippen molar-refractivity contribution in [3.63, 3.8) is 0 Å². The molecule has 2 heterocycles. The molecule has 2 amide bonds. The lowest BCUT2D eigenvalue weighted by atomic mass is 9.94. The molecule has 0 bridgehead atoms. The molecule has 2 aromatic carbocycles. The van der Waals surface area contributed by atoms with Crippen molar-refractivity contribution < 1.29 is 14.3 Å². The number of nitrogens with one attached hydrogen (secondary N) is 1. The van der Waals surface area contributed by atoms with Gasteiger partial charge in [-0.2, -0.15) is 0 Å². The van der Waals surface area contributed by atoms with Gasteiger partial charge in [-0.25, -0.2) is 0 Å². The molecule has 1 aromatic heterocycles. The number of amides is 2. The molecule has 32 heavy (non-hydrogen) atoms. The number of carbonyl (C=O) groups is 2. The van der Waals surface area contributed by atoms with Gasteiger partial charge < -0.3 is 15.0 Å². The minimum atomic E-state index is -0.184. The SMILES string of the molecule is CC1Oc2cc(C(=O)NCc3cccc(C(=O)N(C)C4CC4)c3)ccc2-c2ccncc21. The Morgan fingerprint density at radius 2 is 1.94 bits per heavy atom. The van der Waals surface area contributed by atoms with Crippen molar-refractivity contribution in [2.45, 2.75) is 38.5 Å². The topological polar surface area (TPSA) is 71.5 Å². The van der Waals surface area contributed by atoms with E-state index in [2.05, 4.69) is 10.3 Å². The van der Waals surface area contributed by atoms with Crippen LogP contribution < -0.4 is 10.1 Å². The van der Waals surface area contributed by atoms with Crippen LogP contribution in [0, 0.1) is 0 Å². The number of nitrogens with zero attached hydrogens (tertiary/aromatic N) is 2. The van der Waals surface area contributed by atoms with Gasteiger partial charge in [-0.15, -0.1) is 0 Å². The Labute approximate surface area is 187 Å². The zero-order valence-corrected chi connectivity index (χ0v) is 18.2. The fourth-order valence-electron chi connectivity index (χ4n) is 4.14. The summed E-state index contributed by atoms with van der Waals surface area (Å²) >= 11 is 0. The molecule has 1 unspecified atom stereocenters. The predicted molar refractivity (Wildman–Crippen MR) is 121 cm³/mol. The Morgan fingerprint density at radius 1 is 1.09 bits per heavy atom. The molecular weight excluding hydrogens is 402 g/mol. The van der Waals surface area contributed by atoms with E-state index in [1.807, 2.05) is 62.6 Å². The van der Waals surface area contributed by atoms with Gasteiger partial charge in [0.1, 0.15) is 11.9 Å². The van der Waals surface area contributed by atoms with E-state index in [0.717, 1.165) is 35.1 Å². The summed E-state index contributed by atoms with van der Waals surface area (Å²) in [4.78, 5) is 31.4. The molecule has 1 atom stereocenters. The number of benzene rings is 2.